The van der Waals surface area contributed by atoms with Crippen molar-refractivity contribution in [3.05, 3.63) is 76.8 Å². The van der Waals surface area contributed by atoms with Crippen LogP contribution < -0.4 is 15.2 Å². The Hall–Kier alpha value is -3.45. The number of nitrogens with zero attached hydrogens (tertiary/aromatic N) is 3. The summed E-state index contributed by atoms with van der Waals surface area (Å²) in [7, 11) is 0. The third-order valence-corrected chi connectivity index (χ3v) is 6.24. The average Bonchev–Trinajstić information content (AvgIpc) is 2.84. The van der Waals surface area contributed by atoms with Crippen LogP contribution in [-0.4, -0.2) is 54.2 Å². The summed E-state index contributed by atoms with van der Waals surface area (Å²) >= 11 is 0. The van der Waals surface area contributed by atoms with E-state index >= 15 is 0 Å². The van der Waals surface area contributed by atoms with Gasteiger partial charge in [-0.25, -0.2) is 4.39 Å². The van der Waals surface area contributed by atoms with Gasteiger partial charge in [-0.15, -0.1) is 0 Å². The van der Waals surface area contributed by atoms with Gasteiger partial charge in [0.15, 0.2) is 0 Å². The van der Waals surface area contributed by atoms with Crippen LogP contribution in [0.2, 0.25) is 0 Å². The molecule has 0 unspecified atom stereocenters. The minimum atomic E-state index is -0.167. The van der Waals surface area contributed by atoms with Crippen LogP contribution in [0.3, 0.4) is 0 Å². The van der Waals surface area contributed by atoms with Gasteiger partial charge in [0.05, 0.1) is 6.61 Å². The lowest BCUT2D eigenvalue weighted by atomic mass is 10.1. The van der Waals surface area contributed by atoms with Crippen LogP contribution in [0, 0.1) is 5.82 Å². The molecule has 1 aliphatic rings. The zero-order valence-electron chi connectivity index (χ0n) is 18.5. The Labute approximate surface area is 191 Å². The highest BCUT2D eigenvalue weighted by Gasteiger charge is 2.19. The molecular formula is C26H27FN4O2. The number of aromatic amines is 1. The summed E-state index contributed by atoms with van der Waals surface area (Å²) in [5.74, 6) is 0.367. The predicted molar refractivity (Wildman–Crippen MR) is 130 cm³/mol. The largest absolute Gasteiger partial charge is 0.478 e. The number of hydrogen-bond donors (Lipinski definition) is 1. The highest BCUT2D eigenvalue weighted by atomic mass is 19.1. The number of aromatic nitrogens is 2. The minimum Gasteiger partial charge on any atom is -0.478 e. The van der Waals surface area contributed by atoms with E-state index in [4.69, 9.17) is 4.74 Å². The number of halogens is 1. The smallest absolute Gasteiger partial charge is 0.249 e. The maximum absolute atomic E-state index is 14.1. The number of pyridine rings is 2. The first-order valence-corrected chi connectivity index (χ1v) is 11.4. The molecule has 0 aliphatic carbocycles. The molecule has 2 aromatic carbocycles. The molecule has 0 amide bonds. The lowest BCUT2D eigenvalue weighted by molar-refractivity contribution is 0.237. The first-order valence-electron chi connectivity index (χ1n) is 11.4. The topological polar surface area (TPSA) is 61.5 Å². The van der Waals surface area contributed by atoms with Crippen molar-refractivity contribution in [2.45, 2.75) is 12.8 Å². The summed E-state index contributed by atoms with van der Waals surface area (Å²) in [6.07, 6.45) is 1.98. The molecule has 0 saturated carbocycles. The van der Waals surface area contributed by atoms with Crippen molar-refractivity contribution in [1.29, 1.82) is 0 Å². The molecular weight excluding hydrogens is 419 g/mol. The maximum Gasteiger partial charge on any atom is 0.249 e. The molecule has 1 N–H and O–H groups in total. The van der Waals surface area contributed by atoms with E-state index < -0.39 is 0 Å². The number of anilines is 1. The first kappa shape index (κ1) is 21.4. The maximum atomic E-state index is 14.1. The third-order valence-electron chi connectivity index (χ3n) is 6.24. The molecule has 7 heteroatoms. The van der Waals surface area contributed by atoms with E-state index in [2.05, 4.69) is 19.8 Å². The van der Waals surface area contributed by atoms with Crippen molar-refractivity contribution in [2.24, 2.45) is 0 Å². The fraction of sp³-hybridized carbons (Fsp3) is 0.308. The summed E-state index contributed by atoms with van der Waals surface area (Å²) in [6.45, 7) is 5.48. The van der Waals surface area contributed by atoms with Gasteiger partial charge in [0.1, 0.15) is 11.5 Å². The highest BCUT2D eigenvalue weighted by molar-refractivity contribution is 5.94. The summed E-state index contributed by atoms with van der Waals surface area (Å²) in [4.78, 5) is 23.4. The van der Waals surface area contributed by atoms with Crippen LogP contribution >= 0.6 is 0 Å². The molecule has 1 fully saturated rings. The normalized spacial score (nSPS) is 14.8. The molecule has 0 bridgehead atoms. The zero-order valence-corrected chi connectivity index (χ0v) is 18.5. The monoisotopic (exact) mass is 446 g/mol. The molecule has 0 atom stereocenters. The molecule has 0 spiro atoms. The van der Waals surface area contributed by atoms with Crippen LogP contribution in [-0.2, 0) is 0 Å². The second kappa shape index (κ2) is 9.58. The number of nitrogens with one attached hydrogen (secondary N) is 1. The van der Waals surface area contributed by atoms with E-state index in [9.17, 15) is 9.18 Å². The van der Waals surface area contributed by atoms with E-state index in [0.717, 1.165) is 62.0 Å². The van der Waals surface area contributed by atoms with Crippen LogP contribution in [0.1, 0.15) is 12.8 Å². The number of piperazine rings is 1. The molecule has 6 nitrogen and oxygen atoms in total. The van der Waals surface area contributed by atoms with Crippen LogP contribution in [0.25, 0.3) is 21.8 Å². The standard InChI is InChI=1S/C26H27FN4O2/c27-22-9-10-23(21-6-2-1-5-20(21)22)31-16-14-30(15-17-31)13-3-4-18-33-25-12-8-19-7-11-24(32)28-26(19)29-25/h1-2,5-12H,3-4,13-18H2,(H,28,29,32). The van der Waals surface area contributed by atoms with Crippen molar-refractivity contribution in [2.75, 3.05) is 44.2 Å². The van der Waals surface area contributed by atoms with E-state index in [1.54, 1.807) is 12.1 Å². The van der Waals surface area contributed by atoms with Gasteiger partial charge in [0, 0.05) is 60.2 Å². The van der Waals surface area contributed by atoms with Crippen molar-refractivity contribution >= 4 is 27.5 Å². The molecule has 5 rings (SSSR count). The fourth-order valence-electron chi connectivity index (χ4n) is 4.44. The summed E-state index contributed by atoms with van der Waals surface area (Å²) in [5.41, 5.74) is 1.50. The molecule has 1 aliphatic heterocycles. The van der Waals surface area contributed by atoms with Crippen molar-refractivity contribution in [3.63, 3.8) is 0 Å². The Morgan fingerprint density at radius 2 is 1.70 bits per heavy atom. The third kappa shape index (κ3) is 4.83. The number of hydrogen-bond acceptors (Lipinski definition) is 5. The van der Waals surface area contributed by atoms with Crippen molar-refractivity contribution in [1.82, 2.24) is 14.9 Å². The van der Waals surface area contributed by atoms with Crippen molar-refractivity contribution < 1.29 is 9.13 Å². The Bertz CT molecular complexity index is 1310. The average molecular weight is 447 g/mol. The second-order valence-electron chi connectivity index (χ2n) is 8.41. The Balaban J connectivity index is 1.08. The number of benzene rings is 2. The van der Waals surface area contributed by atoms with Crippen LogP contribution in [0.15, 0.2) is 65.5 Å². The molecule has 1 saturated heterocycles. The Kier molecular flexibility index (Phi) is 6.21. The SMILES string of the molecule is O=c1ccc2ccc(OCCCCN3CCN(c4ccc(F)c5ccccc45)CC3)nc2[nH]1. The van der Waals surface area contributed by atoms with E-state index in [-0.39, 0.29) is 11.4 Å². The molecule has 170 valence electrons. The molecule has 2 aromatic heterocycles. The van der Waals surface area contributed by atoms with Gasteiger partial charge in [-0.2, -0.15) is 4.98 Å². The van der Waals surface area contributed by atoms with Gasteiger partial charge in [0.25, 0.3) is 0 Å². The van der Waals surface area contributed by atoms with Crippen LogP contribution in [0.4, 0.5) is 10.1 Å². The second-order valence-corrected chi connectivity index (χ2v) is 8.41. The van der Waals surface area contributed by atoms with Gasteiger partial charge in [-0.3, -0.25) is 9.69 Å². The Morgan fingerprint density at radius 1 is 0.909 bits per heavy atom. The quantitative estimate of drug-likeness (QED) is 0.431. The van der Waals surface area contributed by atoms with E-state index in [1.807, 2.05) is 42.5 Å². The predicted octanol–water partition coefficient (Wildman–Crippen LogP) is 4.20. The van der Waals surface area contributed by atoms with E-state index in [0.29, 0.717) is 23.5 Å². The lowest BCUT2D eigenvalue weighted by Crippen LogP contribution is -2.46. The summed E-state index contributed by atoms with van der Waals surface area (Å²) in [5, 5.41) is 2.55. The van der Waals surface area contributed by atoms with Gasteiger partial charge in [0.2, 0.25) is 11.4 Å². The molecule has 4 aromatic rings. The highest BCUT2D eigenvalue weighted by Crippen LogP contribution is 2.29. The first-order chi connectivity index (χ1) is 16.2. The number of rotatable bonds is 7. The fourth-order valence-corrected chi connectivity index (χ4v) is 4.44. The number of ether oxygens (including phenoxy) is 1. The Morgan fingerprint density at radius 3 is 2.55 bits per heavy atom. The summed E-state index contributed by atoms with van der Waals surface area (Å²) in [6, 6.07) is 18.2. The summed E-state index contributed by atoms with van der Waals surface area (Å²) < 4.78 is 19.9. The van der Waals surface area contributed by atoms with Gasteiger partial charge in [-0.1, -0.05) is 24.3 Å². The lowest BCUT2D eigenvalue weighted by Gasteiger charge is -2.36. The van der Waals surface area contributed by atoms with Gasteiger partial charge in [-0.05, 0) is 43.7 Å². The molecule has 3 heterocycles. The minimum absolute atomic E-state index is 0.164. The zero-order chi connectivity index (χ0) is 22.6. The molecule has 0 radical (unpaired) electrons. The number of unbranched alkanes of at least 4 members (excludes halogenated alkanes) is 1. The van der Waals surface area contributed by atoms with Crippen LogP contribution in [0.5, 0.6) is 5.88 Å². The molecule has 33 heavy (non-hydrogen) atoms. The van der Waals surface area contributed by atoms with Gasteiger partial charge >= 0.3 is 0 Å². The number of H-pyrrole nitrogens is 1. The van der Waals surface area contributed by atoms with E-state index in [1.165, 1.54) is 6.07 Å². The number of fused-ring (bicyclic) bond motifs is 2. The van der Waals surface area contributed by atoms with Crippen molar-refractivity contribution in [3.8, 4) is 5.88 Å². The van der Waals surface area contributed by atoms with Gasteiger partial charge < -0.3 is 14.6 Å².